The quantitative estimate of drug-likeness (QED) is 0.595. The number of amides is 1. The fraction of sp³-hybridized carbons (Fsp3) is 0.211. The van der Waals surface area contributed by atoms with Crippen LogP contribution < -0.4 is 0 Å². The van der Waals surface area contributed by atoms with Crippen LogP contribution in [0.15, 0.2) is 66.1 Å². The molecule has 1 atom stereocenters. The summed E-state index contributed by atoms with van der Waals surface area (Å²) < 4.78 is 1.82. The van der Waals surface area contributed by atoms with Crippen LogP contribution in [0.1, 0.15) is 18.5 Å². The summed E-state index contributed by atoms with van der Waals surface area (Å²) in [6.07, 6.45) is 1.62. The number of thioether (sulfide) groups is 1. The van der Waals surface area contributed by atoms with Gasteiger partial charge in [0.15, 0.2) is 5.16 Å². The minimum atomic E-state index is 0.00935. The number of benzene rings is 2. The van der Waals surface area contributed by atoms with Crippen LogP contribution in [0, 0.1) is 0 Å². The van der Waals surface area contributed by atoms with E-state index in [1.54, 1.807) is 11.2 Å². The van der Waals surface area contributed by atoms with E-state index in [9.17, 15) is 4.79 Å². The van der Waals surface area contributed by atoms with Crippen molar-refractivity contribution >= 4 is 29.3 Å². The molecule has 26 heavy (non-hydrogen) atoms. The van der Waals surface area contributed by atoms with Crippen molar-refractivity contribution in [2.75, 3.05) is 12.8 Å². The number of hydrogen-bond acceptors (Lipinski definition) is 4. The van der Waals surface area contributed by atoms with Crippen LogP contribution in [0.4, 0.5) is 0 Å². The number of hydrogen-bond donors (Lipinski definition) is 0. The molecule has 7 heteroatoms. The van der Waals surface area contributed by atoms with Gasteiger partial charge in [-0.15, -0.1) is 10.2 Å². The average molecular weight is 387 g/mol. The highest BCUT2D eigenvalue weighted by Gasteiger charge is 2.18. The molecular formula is C19H19ClN4OS. The van der Waals surface area contributed by atoms with Gasteiger partial charge in [0.2, 0.25) is 5.91 Å². The van der Waals surface area contributed by atoms with Gasteiger partial charge in [-0.3, -0.25) is 9.36 Å². The van der Waals surface area contributed by atoms with Crippen LogP contribution in [0.3, 0.4) is 0 Å². The summed E-state index contributed by atoms with van der Waals surface area (Å²) in [7, 11) is 1.82. The summed E-state index contributed by atoms with van der Waals surface area (Å²) in [6.45, 7) is 2.02. The van der Waals surface area contributed by atoms with Crippen LogP contribution in [-0.2, 0) is 4.79 Å². The molecule has 0 saturated heterocycles. The monoisotopic (exact) mass is 386 g/mol. The molecular weight excluding hydrogens is 368 g/mol. The third-order valence-electron chi connectivity index (χ3n) is 4.18. The maximum atomic E-state index is 12.6. The first-order valence-corrected chi connectivity index (χ1v) is 9.52. The minimum absolute atomic E-state index is 0.00935. The Morgan fingerprint density at radius 3 is 2.73 bits per heavy atom. The first-order chi connectivity index (χ1) is 12.6. The number of carbonyl (C=O) groups excluding carboxylic acids is 1. The molecule has 0 aliphatic carbocycles. The molecule has 1 heterocycles. The number of halogens is 1. The summed E-state index contributed by atoms with van der Waals surface area (Å²) in [5.41, 5.74) is 1.97. The third kappa shape index (κ3) is 4.26. The van der Waals surface area contributed by atoms with Crippen molar-refractivity contribution in [1.82, 2.24) is 19.7 Å². The first kappa shape index (κ1) is 18.5. The lowest BCUT2D eigenvalue weighted by atomic mass is 10.1. The normalized spacial score (nSPS) is 12.0. The maximum Gasteiger partial charge on any atom is 0.233 e. The fourth-order valence-corrected chi connectivity index (χ4v) is 3.56. The maximum absolute atomic E-state index is 12.6. The molecule has 0 aliphatic rings. The lowest BCUT2D eigenvalue weighted by Gasteiger charge is -2.25. The van der Waals surface area contributed by atoms with Crippen LogP contribution in [0.5, 0.6) is 0 Å². The standard InChI is InChI=1S/C19H19ClN4OS/c1-14(15-7-4-3-5-8-15)23(2)18(25)12-26-19-22-21-13-24(19)17-10-6-9-16(20)11-17/h3-11,13-14H,12H2,1-2H3/t14-/m0/s1. The van der Waals surface area contributed by atoms with Gasteiger partial charge in [0, 0.05) is 12.1 Å². The van der Waals surface area contributed by atoms with Crippen molar-refractivity contribution in [3.05, 3.63) is 71.5 Å². The number of aromatic nitrogens is 3. The first-order valence-electron chi connectivity index (χ1n) is 8.15. The molecule has 2 aromatic carbocycles. The van der Waals surface area contributed by atoms with Gasteiger partial charge in [-0.1, -0.05) is 59.8 Å². The van der Waals surface area contributed by atoms with Gasteiger partial charge in [0.25, 0.3) is 0 Å². The van der Waals surface area contributed by atoms with Gasteiger partial charge in [-0.2, -0.15) is 0 Å². The van der Waals surface area contributed by atoms with Gasteiger partial charge >= 0.3 is 0 Å². The van der Waals surface area contributed by atoms with Crippen molar-refractivity contribution in [2.45, 2.75) is 18.1 Å². The molecule has 5 nitrogen and oxygen atoms in total. The van der Waals surface area contributed by atoms with Crippen molar-refractivity contribution < 1.29 is 4.79 Å². The van der Waals surface area contributed by atoms with E-state index in [1.807, 2.05) is 73.1 Å². The van der Waals surface area contributed by atoms with Crippen LogP contribution >= 0.6 is 23.4 Å². The Hall–Kier alpha value is -2.31. The molecule has 0 fully saturated rings. The lowest BCUT2D eigenvalue weighted by molar-refractivity contribution is -0.128. The highest BCUT2D eigenvalue weighted by atomic mass is 35.5. The second-order valence-electron chi connectivity index (χ2n) is 5.84. The summed E-state index contributed by atoms with van der Waals surface area (Å²) in [4.78, 5) is 14.3. The van der Waals surface area contributed by atoms with Gasteiger partial charge in [-0.05, 0) is 30.7 Å². The Balaban J connectivity index is 1.66. The predicted molar refractivity (Wildman–Crippen MR) is 105 cm³/mol. The highest BCUT2D eigenvalue weighted by Crippen LogP contribution is 2.24. The summed E-state index contributed by atoms with van der Waals surface area (Å²) in [5, 5.41) is 9.37. The second-order valence-corrected chi connectivity index (χ2v) is 7.22. The zero-order valence-electron chi connectivity index (χ0n) is 14.5. The average Bonchev–Trinajstić information content (AvgIpc) is 3.14. The molecule has 0 radical (unpaired) electrons. The Labute approximate surface area is 162 Å². The van der Waals surface area contributed by atoms with Crippen molar-refractivity contribution in [1.29, 1.82) is 0 Å². The molecule has 134 valence electrons. The van der Waals surface area contributed by atoms with E-state index in [0.29, 0.717) is 10.2 Å². The van der Waals surface area contributed by atoms with Crippen molar-refractivity contribution in [3.8, 4) is 5.69 Å². The highest BCUT2D eigenvalue weighted by molar-refractivity contribution is 7.99. The fourth-order valence-electron chi connectivity index (χ4n) is 2.53. The Morgan fingerprint density at radius 1 is 1.23 bits per heavy atom. The predicted octanol–water partition coefficient (Wildman–Crippen LogP) is 4.23. The molecule has 0 saturated carbocycles. The number of carbonyl (C=O) groups is 1. The molecule has 0 aliphatic heterocycles. The lowest BCUT2D eigenvalue weighted by Crippen LogP contribution is -2.31. The van der Waals surface area contributed by atoms with Crippen molar-refractivity contribution in [2.24, 2.45) is 0 Å². The van der Waals surface area contributed by atoms with Gasteiger partial charge < -0.3 is 4.90 Å². The van der Waals surface area contributed by atoms with Crippen LogP contribution in [0.25, 0.3) is 5.69 Å². The minimum Gasteiger partial charge on any atom is -0.338 e. The third-order valence-corrected chi connectivity index (χ3v) is 5.35. The summed E-state index contributed by atoms with van der Waals surface area (Å²) in [5.74, 6) is 0.319. The topological polar surface area (TPSA) is 51.0 Å². The Morgan fingerprint density at radius 2 is 2.00 bits per heavy atom. The van der Waals surface area contributed by atoms with Crippen LogP contribution in [0.2, 0.25) is 5.02 Å². The molecule has 1 aromatic heterocycles. The Bertz CT molecular complexity index is 884. The zero-order valence-corrected chi connectivity index (χ0v) is 16.1. The zero-order chi connectivity index (χ0) is 18.5. The van der Waals surface area contributed by atoms with E-state index in [2.05, 4.69) is 10.2 Å². The summed E-state index contributed by atoms with van der Waals surface area (Å²) in [6, 6.07) is 17.4. The number of nitrogens with zero attached hydrogens (tertiary/aromatic N) is 4. The van der Waals surface area contributed by atoms with E-state index in [4.69, 9.17) is 11.6 Å². The summed E-state index contributed by atoms with van der Waals surface area (Å²) >= 11 is 7.41. The van der Waals surface area contributed by atoms with Gasteiger partial charge in [0.1, 0.15) is 6.33 Å². The molecule has 1 amide bonds. The van der Waals surface area contributed by atoms with Gasteiger partial charge in [-0.25, -0.2) is 0 Å². The molecule has 0 N–H and O–H groups in total. The van der Waals surface area contributed by atoms with Gasteiger partial charge in [0.05, 0.1) is 17.5 Å². The molecule has 0 unspecified atom stereocenters. The largest absolute Gasteiger partial charge is 0.338 e. The van der Waals surface area contributed by atoms with E-state index in [1.165, 1.54) is 11.8 Å². The SMILES string of the molecule is C[C@@H](c1ccccc1)N(C)C(=O)CSc1nncn1-c1cccc(Cl)c1. The van der Waals surface area contributed by atoms with E-state index < -0.39 is 0 Å². The molecule has 3 aromatic rings. The second kappa shape index (κ2) is 8.38. The van der Waals surface area contributed by atoms with E-state index in [0.717, 1.165) is 11.3 Å². The smallest absolute Gasteiger partial charge is 0.233 e. The molecule has 0 spiro atoms. The van der Waals surface area contributed by atoms with Crippen LogP contribution in [-0.4, -0.2) is 38.4 Å². The number of rotatable bonds is 6. The van der Waals surface area contributed by atoms with E-state index >= 15 is 0 Å². The molecule has 0 bridgehead atoms. The van der Waals surface area contributed by atoms with Crippen molar-refractivity contribution in [3.63, 3.8) is 0 Å². The van der Waals surface area contributed by atoms with E-state index in [-0.39, 0.29) is 17.7 Å². The Kier molecular flexibility index (Phi) is 5.96. The molecule has 3 rings (SSSR count).